The van der Waals surface area contributed by atoms with Gasteiger partial charge < -0.3 is 19.6 Å². The second kappa shape index (κ2) is 10.6. The Morgan fingerprint density at radius 3 is 2.62 bits per heavy atom. The van der Waals surface area contributed by atoms with E-state index in [4.69, 9.17) is 4.74 Å². The zero-order valence-corrected chi connectivity index (χ0v) is 20.2. The molecule has 3 atom stereocenters. The van der Waals surface area contributed by atoms with Crippen LogP contribution in [0, 0.1) is 11.8 Å². The fraction of sp³-hybridized carbons (Fsp3) is 0.704. The normalized spacial score (nSPS) is 29.3. The van der Waals surface area contributed by atoms with Crippen LogP contribution in [0.5, 0.6) is 5.75 Å². The smallest absolute Gasteiger partial charge is 0.236 e. The first-order chi connectivity index (χ1) is 16.6. The van der Waals surface area contributed by atoms with Crippen LogP contribution in [0.2, 0.25) is 0 Å². The highest BCUT2D eigenvalue weighted by Crippen LogP contribution is 2.33. The summed E-state index contributed by atoms with van der Waals surface area (Å²) in [7, 11) is 0. The van der Waals surface area contributed by atoms with E-state index in [2.05, 4.69) is 21.9 Å². The lowest BCUT2D eigenvalue weighted by Gasteiger charge is -2.41. The van der Waals surface area contributed by atoms with Crippen LogP contribution in [-0.4, -0.2) is 83.1 Å². The van der Waals surface area contributed by atoms with Crippen molar-refractivity contribution >= 4 is 11.8 Å². The van der Waals surface area contributed by atoms with Gasteiger partial charge >= 0.3 is 0 Å². The van der Waals surface area contributed by atoms with E-state index < -0.39 is 0 Å². The molecule has 7 heteroatoms. The Morgan fingerprint density at radius 1 is 1.00 bits per heavy atom. The average Bonchev–Trinajstić information content (AvgIpc) is 3.23. The van der Waals surface area contributed by atoms with Gasteiger partial charge in [0.2, 0.25) is 11.8 Å². The summed E-state index contributed by atoms with van der Waals surface area (Å²) in [6, 6.07) is 8.72. The average molecular weight is 470 g/mol. The third-order valence-electron chi connectivity index (χ3n) is 8.45. The second-order valence-electron chi connectivity index (χ2n) is 10.7. The maximum absolute atomic E-state index is 13.4. The molecule has 5 rings (SSSR count). The lowest BCUT2D eigenvalue weighted by atomic mass is 9.80. The first-order valence-corrected chi connectivity index (χ1v) is 13.2. The molecule has 1 aromatic carbocycles. The third kappa shape index (κ3) is 5.41. The number of amides is 2. The Bertz CT molecular complexity index is 873. The predicted octanol–water partition coefficient (Wildman–Crippen LogP) is 2.66. The molecule has 0 radical (unpaired) electrons. The molecule has 7 nitrogen and oxygen atoms in total. The summed E-state index contributed by atoms with van der Waals surface area (Å²) in [6.07, 6.45) is 7.14. The fourth-order valence-corrected chi connectivity index (χ4v) is 6.09. The first kappa shape index (κ1) is 23.6. The third-order valence-corrected chi connectivity index (χ3v) is 8.45. The van der Waals surface area contributed by atoms with Gasteiger partial charge in [-0.15, -0.1) is 0 Å². The minimum Gasteiger partial charge on any atom is -0.493 e. The van der Waals surface area contributed by atoms with Crippen LogP contribution in [-0.2, 0) is 16.1 Å². The summed E-state index contributed by atoms with van der Waals surface area (Å²) in [6.45, 7) is 4.47. The first-order valence-electron chi connectivity index (χ1n) is 13.2. The quantitative estimate of drug-likeness (QED) is 0.737. The number of carbonyl (C=O) groups excluding carboxylic acids is 2. The second-order valence-corrected chi connectivity index (χ2v) is 10.7. The molecule has 2 amide bonds. The number of β-amino-alcohol motifs (C(OH)–C–C–N with tert-alkyl or cyclic N) is 1. The number of hydrogen-bond acceptors (Lipinski definition) is 5. The van der Waals surface area contributed by atoms with Crippen LogP contribution < -0.4 is 4.74 Å². The van der Waals surface area contributed by atoms with Crippen LogP contribution in [0.4, 0.5) is 0 Å². The number of fused-ring (bicyclic) bond motifs is 3. The van der Waals surface area contributed by atoms with Crippen LogP contribution in [0.1, 0.15) is 56.9 Å². The number of hydrogen-bond donors (Lipinski definition) is 1. The molecule has 0 unspecified atom stereocenters. The Hall–Kier alpha value is -2.12. The lowest BCUT2D eigenvalue weighted by Crippen LogP contribution is -2.50. The van der Waals surface area contributed by atoms with Gasteiger partial charge in [0.05, 0.1) is 19.3 Å². The van der Waals surface area contributed by atoms with E-state index in [-0.39, 0.29) is 23.8 Å². The van der Waals surface area contributed by atoms with E-state index in [1.807, 2.05) is 17.0 Å². The van der Waals surface area contributed by atoms with Gasteiger partial charge in [-0.1, -0.05) is 24.6 Å². The molecule has 3 fully saturated rings. The molecule has 1 aromatic rings. The SMILES string of the molecule is O=C(C[C@@H]1CCN2C[C@@H]1CCCOc1ccccc1CN(C1CCC1)CC2=O)N1CC[C@@H](O)C1. The maximum atomic E-state index is 13.4. The molecule has 1 saturated carbocycles. The topological polar surface area (TPSA) is 73.3 Å². The van der Waals surface area contributed by atoms with Crippen molar-refractivity contribution in [3.8, 4) is 5.75 Å². The Kier molecular flexibility index (Phi) is 7.40. The number of para-hydroxylation sites is 1. The Labute approximate surface area is 203 Å². The van der Waals surface area contributed by atoms with Crippen molar-refractivity contribution in [1.82, 2.24) is 14.7 Å². The zero-order chi connectivity index (χ0) is 23.5. The molecule has 0 spiro atoms. The fourth-order valence-electron chi connectivity index (χ4n) is 6.09. The maximum Gasteiger partial charge on any atom is 0.236 e. The number of benzene rings is 1. The van der Waals surface area contributed by atoms with Crippen molar-refractivity contribution in [2.45, 2.75) is 70.1 Å². The molecule has 2 bridgehead atoms. The van der Waals surface area contributed by atoms with Crippen molar-refractivity contribution in [3.05, 3.63) is 29.8 Å². The molecule has 3 heterocycles. The van der Waals surface area contributed by atoms with E-state index in [9.17, 15) is 14.7 Å². The minimum atomic E-state index is -0.382. The molecule has 34 heavy (non-hydrogen) atoms. The molecular formula is C27H39N3O4. The number of aliphatic hydroxyl groups is 1. The molecule has 0 aromatic heterocycles. The number of ether oxygens (including phenoxy) is 1. The highest BCUT2D eigenvalue weighted by molar-refractivity contribution is 5.79. The van der Waals surface area contributed by atoms with Gasteiger partial charge in [0.1, 0.15) is 5.75 Å². The van der Waals surface area contributed by atoms with Gasteiger partial charge in [0.15, 0.2) is 0 Å². The summed E-state index contributed by atoms with van der Waals surface area (Å²) in [4.78, 5) is 32.6. The number of rotatable bonds is 3. The van der Waals surface area contributed by atoms with Crippen molar-refractivity contribution in [1.29, 1.82) is 0 Å². The van der Waals surface area contributed by atoms with Crippen LogP contribution in [0.3, 0.4) is 0 Å². The molecule has 186 valence electrons. The summed E-state index contributed by atoms with van der Waals surface area (Å²) < 4.78 is 6.23. The highest BCUT2D eigenvalue weighted by atomic mass is 16.5. The van der Waals surface area contributed by atoms with Gasteiger partial charge in [0.25, 0.3) is 0 Å². The molecule has 1 N–H and O–H groups in total. The minimum absolute atomic E-state index is 0.158. The molecule has 1 aliphatic carbocycles. The van der Waals surface area contributed by atoms with Crippen molar-refractivity contribution < 1.29 is 19.4 Å². The van der Waals surface area contributed by atoms with Gasteiger partial charge in [-0.3, -0.25) is 14.5 Å². The molecular weight excluding hydrogens is 430 g/mol. The summed E-state index contributed by atoms with van der Waals surface area (Å²) in [5.41, 5.74) is 1.16. The number of likely N-dealkylation sites (tertiary alicyclic amines) is 1. The highest BCUT2D eigenvalue weighted by Gasteiger charge is 2.36. The van der Waals surface area contributed by atoms with E-state index in [1.54, 1.807) is 0 Å². The van der Waals surface area contributed by atoms with Gasteiger partial charge in [-0.25, -0.2) is 0 Å². The van der Waals surface area contributed by atoms with Crippen molar-refractivity contribution in [2.75, 3.05) is 39.3 Å². The standard InChI is InChI=1S/C27H39N3O4/c31-24-11-13-29(18-24)26(32)15-20-10-12-28-16-21(20)6-4-14-34-25-9-2-1-5-22(25)17-30(19-27(28)33)23-7-3-8-23/h1-2,5,9,20-21,23-24,31H,3-4,6-8,10-19H2/t20-,21-,24+/m0/s1. The van der Waals surface area contributed by atoms with Crippen LogP contribution >= 0.6 is 0 Å². The lowest BCUT2D eigenvalue weighted by molar-refractivity contribution is -0.137. The van der Waals surface area contributed by atoms with Crippen molar-refractivity contribution in [2.24, 2.45) is 11.8 Å². The van der Waals surface area contributed by atoms with E-state index >= 15 is 0 Å². The predicted molar refractivity (Wildman–Crippen MR) is 129 cm³/mol. The summed E-state index contributed by atoms with van der Waals surface area (Å²) in [5.74, 6) is 1.91. The van der Waals surface area contributed by atoms with E-state index in [0.717, 1.165) is 63.1 Å². The number of carbonyl (C=O) groups is 2. The monoisotopic (exact) mass is 469 g/mol. The Morgan fingerprint density at radius 2 is 1.85 bits per heavy atom. The number of nitrogens with zero attached hydrogens (tertiary/aromatic N) is 3. The molecule has 2 saturated heterocycles. The van der Waals surface area contributed by atoms with E-state index in [0.29, 0.717) is 51.0 Å². The molecule has 3 aliphatic heterocycles. The summed E-state index contributed by atoms with van der Waals surface area (Å²) in [5, 5.41) is 9.82. The number of piperidine rings is 1. The Balaban J connectivity index is 1.30. The zero-order valence-electron chi connectivity index (χ0n) is 20.2. The van der Waals surface area contributed by atoms with Crippen LogP contribution in [0.25, 0.3) is 0 Å². The van der Waals surface area contributed by atoms with Crippen LogP contribution in [0.15, 0.2) is 24.3 Å². The van der Waals surface area contributed by atoms with Gasteiger partial charge in [-0.2, -0.15) is 0 Å². The van der Waals surface area contributed by atoms with E-state index in [1.165, 1.54) is 6.42 Å². The number of aliphatic hydroxyl groups excluding tert-OH is 1. The van der Waals surface area contributed by atoms with Gasteiger partial charge in [-0.05, 0) is 56.4 Å². The van der Waals surface area contributed by atoms with Crippen molar-refractivity contribution in [3.63, 3.8) is 0 Å². The summed E-state index contributed by atoms with van der Waals surface area (Å²) >= 11 is 0. The largest absolute Gasteiger partial charge is 0.493 e. The van der Waals surface area contributed by atoms with Gasteiger partial charge in [0, 0.05) is 50.7 Å². The molecule has 4 aliphatic rings.